The minimum absolute atomic E-state index is 0. The van der Waals surface area contributed by atoms with E-state index in [0.717, 1.165) is 45.4 Å². The summed E-state index contributed by atoms with van der Waals surface area (Å²) in [6, 6.07) is 0. The molecule has 1 N–H and O–H groups in total. The van der Waals surface area contributed by atoms with Gasteiger partial charge in [-0.15, -0.1) is 12.4 Å². The molecule has 0 spiro atoms. The van der Waals surface area contributed by atoms with Crippen molar-refractivity contribution in [2.45, 2.75) is 45.3 Å². The third-order valence-corrected chi connectivity index (χ3v) is 3.78. The number of carbonyl (C=O) groups excluding carboxylic acids is 1. The molecule has 5 heteroatoms. The van der Waals surface area contributed by atoms with E-state index in [0.29, 0.717) is 5.91 Å². The number of halogens is 1. The second-order valence-electron chi connectivity index (χ2n) is 5.24. The van der Waals surface area contributed by atoms with Gasteiger partial charge in [0.1, 0.15) is 0 Å². The number of amides is 1. The quantitative estimate of drug-likeness (QED) is 0.830. The van der Waals surface area contributed by atoms with Crippen LogP contribution in [0.5, 0.6) is 0 Å². The zero-order chi connectivity index (χ0) is 12.3. The first-order valence-corrected chi connectivity index (χ1v) is 6.85. The van der Waals surface area contributed by atoms with E-state index in [2.05, 4.69) is 19.2 Å². The first kappa shape index (κ1) is 15.7. The Morgan fingerprint density at radius 2 is 2.00 bits per heavy atom. The fraction of sp³-hybridized carbons (Fsp3) is 0.923. The summed E-state index contributed by atoms with van der Waals surface area (Å²) in [5.74, 6) is 0.583. The topological polar surface area (TPSA) is 41.6 Å². The van der Waals surface area contributed by atoms with Gasteiger partial charge in [-0.2, -0.15) is 0 Å². The predicted octanol–water partition coefficient (Wildman–Crippen LogP) is 1.43. The lowest BCUT2D eigenvalue weighted by Gasteiger charge is -2.38. The molecular formula is C13H25ClN2O2. The summed E-state index contributed by atoms with van der Waals surface area (Å²) in [5.41, 5.74) is 0. The number of hydrogen-bond acceptors (Lipinski definition) is 3. The molecule has 2 aliphatic rings. The number of hydrogen-bond donors (Lipinski definition) is 1. The Morgan fingerprint density at radius 1 is 1.33 bits per heavy atom. The van der Waals surface area contributed by atoms with Crippen LogP contribution in [0.4, 0.5) is 0 Å². The minimum atomic E-state index is 0. The lowest BCUT2D eigenvalue weighted by atomic mass is 9.96. The van der Waals surface area contributed by atoms with Crippen molar-refractivity contribution in [2.75, 3.05) is 26.2 Å². The third kappa shape index (κ3) is 3.84. The summed E-state index contributed by atoms with van der Waals surface area (Å²) in [6.45, 7) is 7.68. The van der Waals surface area contributed by atoms with Crippen LogP contribution in [0.15, 0.2) is 0 Å². The van der Waals surface area contributed by atoms with Gasteiger partial charge in [0.2, 0.25) is 5.91 Å². The van der Waals surface area contributed by atoms with Crippen LogP contribution in [0.3, 0.4) is 0 Å². The van der Waals surface area contributed by atoms with Gasteiger partial charge in [0.15, 0.2) is 0 Å². The van der Waals surface area contributed by atoms with Crippen molar-refractivity contribution in [1.82, 2.24) is 10.2 Å². The van der Waals surface area contributed by atoms with E-state index in [4.69, 9.17) is 4.74 Å². The highest BCUT2D eigenvalue weighted by Gasteiger charge is 2.31. The van der Waals surface area contributed by atoms with Crippen LogP contribution in [-0.2, 0) is 9.53 Å². The first-order valence-electron chi connectivity index (χ1n) is 6.85. The molecule has 0 aromatic heterocycles. The smallest absolute Gasteiger partial charge is 0.225 e. The molecular weight excluding hydrogens is 252 g/mol. The molecule has 0 saturated carbocycles. The maximum atomic E-state index is 12.4. The summed E-state index contributed by atoms with van der Waals surface area (Å²) in [7, 11) is 0. The molecule has 2 heterocycles. The fourth-order valence-corrected chi connectivity index (χ4v) is 2.78. The first-order chi connectivity index (χ1) is 8.20. The average Bonchev–Trinajstić information content (AvgIpc) is 2.38. The van der Waals surface area contributed by atoms with Crippen LogP contribution in [0.2, 0.25) is 0 Å². The van der Waals surface area contributed by atoms with E-state index >= 15 is 0 Å². The van der Waals surface area contributed by atoms with Gasteiger partial charge in [0.05, 0.1) is 12.2 Å². The van der Waals surface area contributed by atoms with Gasteiger partial charge in [0.25, 0.3) is 0 Å². The number of nitrogens with one attached hydrogen (secondary N) is 1. The van der Waals surface area contributed by atoms with Crippen LogP contribution in [0.1, 0.15) is 33.1 Å². The van der Waals surface area contributed by atoms with Crippen molar-refractivity contribution < 1.29 is 9.53 Å². The molecule has 0 radical (unpaired) electrons. The van der Waals surface area contributed by atoms with Gasteiger partial charge in [-0.25, -0.2) is 0 Å². The summed E-state index contributed by atoms with van der Waals surface area (Å²) >= 11 is 0. The van der Waals surface area contributed by atoms with Crippen LogP contribution in [-0.4, -0.2) is 49.2 Å². The molecule has 1 amide bonds. The van der Waals surface area contributed by atoms with Crippen molar-refractivity contribution in [3.05, 3.63) is 0 Å². The Hall–Kier alpha value is -0.320. The molecule has 18 heavy (non-hydrogen) atoms. The van der Waals surface area contributed by atoms with Gasteiger partial charge in [-0.1, -0.05) is 6.92 Å². The van der Waals surface area contributed by atoms with Crippen molar-refractivity contribution in [2.24, 2.45) is 5.92 Å². The summed E-state index contributed by atoms with van der Waals surface area (Å²) in [6.07, 6.45) is 3.37. The number of nitrogens with zero attached hydrogens (tertiary/aromatic N) is 1. The van der Waals surface area contributed by atoms with Crippen LogP contribution in [0, 0.1) is 5.92 Å². The third-order valence-electron chi connectivity index (χ3n) is 3.78. The van der Waals surface area contributed by atoms with E-state index < -0.39 is 0 Å². The van der Waals surface area contributed by atoms with E-state index in [1.54, 1.807) is 0 Å². The molecule has 2 rings (SSSR count). The lowest BCUT2D eigenvalue weighted by Crippen LogP contribution is -2.51. The molecule has 2 aliphatic heterocycles. The number of carbonyl (C=O) groups is 1. The zero-order valence-corrected chi connectivity index (χ0v) is 12.2. The second kappa shape index (κ2) is 7.31. The van der Waals surface area contributed by atoms with Gasteiger partial charge in [0, 0.05) is 19.0 Å². The molecule has 2 saturated heterocycles. The van der Waals surface area contributed by atoms with Crippen LogP contribution < -0.4 is 5.32 Å². The zero-order valence-electron chi connectivity index (χ0n) is 11.4. The molecule has 0 aliphatic carbocycles. The van der Waals surface area contributed by atoms with Crippen LogP contribution >= 0.6 is 12.4 Å². The van der Waals surface area contributed by atoms with Gasteiger partial charge >= 0.3 is 0 Å². The molecule has 2 fully saturated rings. The number of ether oxygens (including phenoxy) is 1. The maximum absolute atomic E-state index is 12.4. The molecule has 0 aromatic carbocycles. The van der Waals surface area contributed by atoms with Crippen molar-refractivity contribution in [3.8, 4) is 0 Å². The van der Waals surface area contributed by atoms with Gasteiger partial charge in [-0.05, 0) is 39.3 Å². The van der Waals surface area contributed by atoms with E-state index in [1.165, 1.54) is 0 Å². The van der Waals surface area contributed by atoms with Crippen molar-refractivity contribution in [1.29, 1.82) is 0 Å². The van der Waals surface area contributed by atoms with Crippen LogP contribution in [0.25, 0.3) is 0 Å². The standard InChI is InChI=1S/C13H24N2O2.ClH/c1-3-12-9-15(8-10(2)17-12)13(16)11-4-6-14-7-5-11;/h10-12,14H,3-9H2,1-2H3;1H. The minimum Gasteiger partial charge on any atom is -0.372 e. The van der Waals surface area contributed by atoms with E-state index in [1.807, 2.05) is 4.90 Å². The van der Waals surface area contributed by atoms with Crippen molar-refractivity contribution >= 4 is 18.3 Å². The number of rotatable bonds is 2. The highest BCUT2D eigenvalue weighted by atomic mass is 35.5. The average molecular weight is 277 g/mol. The monoisotopic (exact) mass is 276 g/mol. The summed E-state index contributed by atoms with van der Waals surface area (Å²) < 4.78 is 5.80. The highest BCUT2D eigenvalue weighted by Crippen LogP contribution is 2.20. The molecule has 0 aromatic rings. The van der Waals surface area contributed by atoms with Gasteiger partial charge < -0.3 is 15.0 Å². The summed E-state index contributed by atoms with van der Waals surface area (Å²) in [4.78, 5) is 14.4. The molecule has 2 unspecified atom stereocenters. The fourth-order valence-electron chi connectivity index (χ4n) is 2.78. The largest absolute Gasteiger partial charge is 0.372 e. The molecule has 106 valence electrons. The predicted molar refractivity (Wildman–Crippen MR) is 74.0 cm³/mol. The normalized spacial score (nSPS) is 29.8. The Kier molecular flexibility index (Phi) is 6.39. The Balaban J connectivity index is 0.00000162. The van der Waals surface area contributed by atoms with Gasteiger partial charge in [-0.3, -0.25) is 4.79 Å². The second-order valence-corrected chi connectivity index (χ2v) is 5.24. The van der Waals surface area contributed by atoms with Crippen molar-refractivity contribution in [3.63, 3.8) is 0 Å². The SMILES string of the molecule is CCC1CN(C(=O)C2CCNCC2)CC(C)O1.Cl. The number of piperidine rings is 1. The maximum Gasteiger partial charge on any atom is 0.225 e. The van der Waals surface area contributed by atoms with E-state index in [-0.39, 0.29) is 30.5 Å². The number of morpholine rings is 1. The Labute approximate surface area is 116 Å². The lowest BCUT2D eigenvalue weighted by molar-refractivity contribution is -0.149. The Bertz CT molecular complexity index is 270. The van der Waals surface area contributed by atoms with E-state index in [9.17, 15) is 4.79 Å². The molecule has 4 nitrogen and oxygen atoms in total. The summed E-state index contributed by atoms with van der Waals surface area (Å²) in [5, 5.41) is 3.31. The molecule has 2 atom stereocenters. The Morgan fingerprint density at radius 3 is 2.61 bits per heavy atom. The molecule has 0 bridgehead atoms. The highest BCUT2D eigenvalue weighted by molar-refractivity contribution is 5.85.